The molecule has 2 N–H and O–H groups in total. The van der Waals surface area contributed by atoms with Gasteiger partial charge in [-0.15, -0.1) is 12.4 Å². The average molecular weight is 289 g/mol. The zero-order valence-corrected chi connectivity index (χ0v) is 11.9. The lowest BCUT2D eigenvalue weighted by Crippen LogP contribution is -2.45. The lowest BCUT2D eigenvalue weighted by Gasteiger charge is -2.24. The van der Waals surface area contributed by atoms with Crippen LogP contribution >= 0.6 is 24.0 Å². The van der Waals surface area contributed by atoms with Crippen LogP contribution in [-0.2, 0) is 0 Å². The number of carbonyl (C=O) groups is 1. The summed E-state index contributed by atoms with van der Waals surface area (Å²) in [6.07, 6.45) is 2.15. The third-order valence-electron chi connectivity index (χ3n) is 3.14. The van der Waals surface area contributed by atoms with Crippen molar-refractivity contribution in [2.45, 2.75) is 25.8 Å². The van der Waals surface area contributed by atoms with Gasteiger partial charge in [-0.05, 0) is 44.0 Å². The molecular weight excluding hydrogens is 271 g/mol. The van der Waals surface area contributed by atoms with E-state index in [1.807, 2.05) is 19.1 Å². The smallest absolute Gasteiger partial charge is 0.251 e. The molecule has 0 unspecified atom stereocenters. The largest absolute Gasteiger partial charge is 0.348 e. The molecule has 1 amide bonds. The minimum absolute atomic E-state index is 0. The van der Waals surface area contributed by atoms with Gasteiger partial charge in [0.2, 0.25) is 0 Å². The van der Waals surface area contributed by atoms with E-state index in [4.69, 9.17) is 11.6 Å². The Morgan fingerprint density at radius 2 is 2.28 bits per heavy atom. The first-order valence-electron chi connectivity index (χ1n) is 5.95. The third-order valence-corrected chi connectivity index (χ3v) is 3.55. The molecule has 100 valence electrons. The van der Waals surface area contributed by atoms with E-state index in [0.717, 1.165) is 31.5 Å². The maximum Gasteiger partial charge on any atom is 0.251 e. The molecule has 0 bridgehead atoms. The van der Waals surface area contributed by atoms with Crippen LogP contribution in [0.15, 0.2) is 18.2 Å². The predicted octanol–water partition coefficient (Wildman–Crippen LogP) is 2.55. The molecule has 2 rings (SSSR count). The van der Waals surface area contributed by atoms with Gasteiger partial charge in [0.15, 0.2) is 0 Å². The van der Waals surface area contributed by atoms with Crippen molar-refractivity contribution in [3.63, 3.8) is 0 Å². The Morgan fingerprint density at radius 3 is 2.94 bits per heavy atom. The van der Waals surface area contributed by atoms with Crippen LogP contribution in [0.2, 0.25) is 5.02 Å². The van der Waals surface area contributed by atoms with Crippen LogP contribution in [0.1, 0.15) is 28.8 Å². The maximum atomic E-state index is 12.1. The molecule has 0 radical (unpaired) electrons. The van der Waals surface area contributed by atoms with Crippen LogP contribution in [0.25, 0.3) is 0 Å². The number of nitrogens with one attached hydrogen (secondary N) is 2. The van der Waals surface area contributed by atoms with Crippen molar-refractivity contribution >= 4 is 29.9 Å². The molecule has 1 heterocycles. The second kappa shape index (κ2) is 6.98. The molecule has 1 aromatic carbocycles. The maximum absolute atomic E-state index is 12.1. The quantitative estimate of drug-likeness (QED) is 0.878. The zero-order valence-electron chi connectivity index (χ0n) is 10.3. The average Bonchev–Trinajstić information content (AvgIpc) is 2.34. The van der Waals surface area contributed by atoms with E-state index in [-0.39, 0.29) is 24.4 Å². The van der Waals surface area contributed by atoms with Gasteiger partial charge in [0.05, 0.1) is 0 Å². The molecule has 5 heteroatoms. The summed E-state index contributed by atoms with van der Waals surface area (Å²) in [6.45, 7) is 3.77. The van der Waals surface area contributed by atoms with E-state index >= 15 is 0 Å². The molecule has 0 spiro atoms. The van der Waals surface area contributed by atoms with Crippen molar-refractivity contribution in [1.82, 2.24) is 10.6 Å². The summed E-state index contributed by atoms with van der Waals surface area (Å²) in [6, 6.07) is 5.65. The van der Waals surface area contributed by atoms with Gasteiger partial charge in [0.25, 0.3) is 5.91 Å². The first kappa shape index (κ1) is 15.3. The molecule has 1 fully saturated rings. The lowest BCUT2D eigenvalue weighted by atomic mass is 10.0. The summed E-state index contributed by atoms with van der Waals surface area (Å²) in [5.41, 5.74) is 1.51. The van der Waals surface area contributed by atoms with E-state index in [9.17, 15) is 4.79 Å². The Hall–Kier alpha value is -0.770. The fourth-order valence-electron chi connectivity index (χ4n) is 2.09. The molecule has 0 aromatic heterocycles. The van der Waals surface area contributed by atoms with Gasteiger partial charge in [-0.2, -0.15) is 0 Å². The normalized spacial score (nSPS) is 18.9. The van der Waals surface area contributed by atoms with Crippen LogP contribution < -0.4 is 10.6 Å². The van der Waals surface area contributed by atoms with Gasteiger partial charge in [0, 0.05) is 23.2 Å². The van der Waals surface area contributed by atoms with Gasteiger partial charge in [0.1, 0.15) is 0 Å². The standard InChI is InChI=1S/C13H17ClN2O.ClH/c1-9-11(5-2-6-12(9)14)13(17)16-10-4-3-7-15-8-10;/h2,5-6,10,15H,3-4,7-8H2,1H3,(H,16,17);1H/t10-;/m0./s1. The minimum Gasteiger partial charge on any atom is -0.348 e. The topological polar surface area (TPSA) is 41.1 Å². The highest BCUT2D eigenvalue weighted by molar-refractivity contribution is 6.31. The van der Waals surface area contributed by atoms with Crippen LogP contribution in [-0.4, -0.2) is 25.0 Å². The zero-order chi connectivity index (χ0) is 12.3. The number of carbonyl (C=O) groups excluding carboxylic acids is 1. The molecule has 3 nitrogen and oxygen atoms in total. The van der Waals surface area contributed by atoms with Crippen molar-refractivity contribution in [1.29, 1.82) is 0 Å². The number of benzene rings is 1. The molecular formula is C13H18Cl2N2O. The molecule has 0 saturated carbocycles. The first-order valence-corrected chi connectivity index (χ1v) is 6.33. The Kier molecular flexibility index (Phi) is 5.93. The second-order valence-corrected chi connectivity index (χ2v) is 4.84. The Labute approximate surface area is 119 Å². The van der Waals surface area contributed by atoms with E-state index in [1.54, 1.807) is 6.07 Å². The van der Waals surface area contributed by atoms with E-state index in [0.29, 0.717) is 10.6 Å². The van der Waals surface area contributed by atoms with Gasteiger partial charge in [-0.1, -0.05) is 17.7 Å². The number of hydrogen-bond acceptors (Lipinski definition) is 2. The van der Waals surface area contributed by atoms with Crippen molar-refractivity contribution in [3.8, 4) is 0 Å². The molecule has 1 atom stereocenters. The molecule has 1 aliphatic rings. The number of hydrogen-bond donors (Lipinski definition) is 2. The van der Waals surface area contributed by atoms with Crippen molar-refractivity contribution in [2.75, 3.05) is 13.1 Å². The molecule has 1 aliphatic heterocycles. The molecule has 0 aliphatic carbocycles. The van der Waals surface area contributed by atoms with Crippen molar-refractivity contribution in [2.24, 2.45) is 0 Å². The summed E-state index contributed by atoms with van der Waals surface area (Å²) in [5.74, 6) is -0.0290. The minimum atomic E-state index is -0.0290. The Balaban J connectivity index is 0.00000162. The number of rotatable bonds is 2. The van der Waals surface area contributed by atoms with E-state index < -0.39 is 0 Å². The van der Waals surface area contributed by atoms with Crippen LogP contribution in [0.3, 0.4) is 0 Å². The van der Waals surface area contributed by atoms with Crippen LogP contribution in [0, 0.1) is 6.92 Å². The van der Waals surface area contributed by atoms with Crippen LogP contribution in [0.5, 0.6) is 0 Å². The molecule has 1 aromatic rings. The number of amides is 1. The summed E-state index contributed by atoms with van der Waals surface area (Å²) < 4.78 is 0. The van der Waals surface area contributed by atoms with Crippen LogP contribution in [0.4, 0.5) is 0 Å². The van der Waals surface area contributed by atoms with Gasteiger partial charge in [-0.25, -0.2) is 0 Å². The van der Waals surface area contributed by atoms with Crippen molar-refractivity contribution < 1.29 is 4.79 Å². The first-order chi connectivity index (χ1) is 8.18. The van der Waals surface area contributed by atoms with E-state index in [2.05, 4.69) is 10.6 Å². The number of piperidine rings is 1. The third kappa shape index (κ3) is 3.61. The predicted molar refractivity (Wildman–Crippen MR) is 76.8 cm³/mol. The monoisotopic (exact) mass is 288 g/mol. The van der Waals surface area contributed by atoms with Crippen molar-refractivity contribution in [3.05, 3.63) is 34.3 Å². The summed E-state index contributed by atoms with van der Waals surface area (Å²) in [5, 5.41) is 6.96. The van der Waals surface area contributed by atoms with E-state index in [1.165, 1.54) is 0 Å². The van der Waals surface area contributed by atoms with Gasteiger partial charge < -0.3 is 10.6 Å². The van der Waals surface area contributed by atoms with Gasteiger partial charge >= 0.3 is 0 Å². The summed E-state index contributed by atoms with van der Waals surface area (Å²) in [7, 11) is 0. The lowest BCUT2D eigenvalue weighted by molar-refractivity contribution is 0.0930. The highest BCUT2D eigenvalue weighted by atomic mass is 35.5. The SMILES string of the molecule is Cc1c(Cl)cccc1C(=O)N[C@H]1CCCNC1.Cl. The number of halogens is 2. The fraction of sp³-hybridized carbons (Fsp3) is 0.462. The highest BCUT2D eigenvalue weighted by Gasteiger charge is 2.17. The Bertz CT molecular complexity index is 417. The summed E-state index contributed by atoms with van der Waals surface area (Å²) in [4.78, 5) is 12.1. The fourth-order valence-corrected chi connectivity index (χ4v) is 2.27. The molecule has 18 heavy (non-hydrogen) atoms. The highest BCUT2D eigenvalue weighted by Crippen LogP contribution is 2.18. The van der Waals surface area contributed by atoms with Gasteiger partial charge in [-0.3, -0.25) is 4.79 Å². The summed E-state index contributed by atoms with van der Waals surface area (Å²) >= 11 is 6.01. The Morgan fingerprint density at radius 1 is 1.50 bits per heavy atom. The second-order valence-electron chi connectivity index (χ2n) is 4.43. The molecule has 1 saturated heterocycles.